The average molecular weight is 404 g/mol. The number of amides is 1. The first-order chi connectivity index (χ1) is 8.99. The Morgan fingerprint density at radius 1 is 1.26 bits per heavy atom. The van der Waals surface area contributed by atoms with Crippen LogP contribution in [0.5, 0.6) is 0 Å². The molecule has 0 atom stereocenters. The number of carbonyl (C=O) groups excluding carboxylic acids is 1. The van der Waals surface area contributed by atoms with Gasteiger partial charge in [0.1, 0.15) is 0 Å². The van der Waals surface area contributed by atoms with Crippen molar-refractivity contribution in [2.24, 2.45) is 0 Å². The number of halogens is 2. The van der Waals surface area contributed by atoms with E-state index in [1.165, 1.54) is 11.3 Å². The number of anilines is 2. The van der Waals surface area contributed by atoms with Gasteiger partial charge in [0.2, 0.25) is 0 Å². The highest BCUT2D eigenvalue weighted by atomic mass is 79.9. The molecule has 1 heterocycles. The fraction of sp³-hybridized carbons (Fsp3) is 0.154. The molecule has 0 fully saturated rings. The zero-order chi connectivity index (χ0) is 14.0. The molecule has 6 heteroatoms. The molecule has 0 unspecified atom stereocenters. The third-order valence-electron chi connectivity index (χ3n) is 2.50. The summed E-state index contributed by atoms with van der Waals surface area (Å²) in [5.74, 6) is -0.106. The Bertz CT molecular complexity index is 591. The number of nitrogens with one attached hydrogen (secondary N) is 1. The van der Waals surface area contributed by atoms with Crippen molar-refractivity contribution in [3.8, 4) is 0 Å². The second-order valence-electron chi connectivity index (χ2n) is 4.10. The third-order valence-corrected chi connectivity index (χ3v) is 5.76. The maximum atomic E-state index is 12.2. The topological polar surface area (TPSA) is 32.3 Å². The Kier molecular flexibility index (Phi) is 4.65. The molecule has 3 nitrogen and oxygen atoms in total. The summed E-state index contributed by atoms with van der Waals surface area (Å²) in [6, 6.07) is 9.52. The molecule has 0 radical (unpaired) electrons. The highest BCUT2D eigenvalue weighted by molar-refractivity contribution is 9.13. The van der Waals surface area contributed by atoms with Gasteiger partial charge in [0, 0.05) is 18.6 Å². The molecule has 0 aliphatic heterocycles. The second kappa shape index (κ2) is 6.07. The van der Waals surface area contributed by atoms with Crippen LogP contribution in [0.3, 0.4) is 0 Å². The Balaban J connectivity index is 2.24. The highest BCUT2D eigenvalue weighted by Gasteiger charge is 2.14. The van der Waals surface area contributed by atoms with Gasteiger partial charge < -0.3 is 10.2 Å². The molecular formula is C13H12Br2N2OS. The van der Waals surface area contributed by atoms with E-state index in [1.54, 1.807) is 0 Å². The van der Waals surface area contributed by atoms with E-state index in [4.69, 9.17) is 0 Å². The lowest BCUT2D eigenvalue weighted by atomic mass is 10.2. The number of benzene rings is 1. The smallest absolute Gasteiger partial charge is 0.265 e. The van der Waals surface area contributed by atoms with E-state index in [1.807, 2.05) is 49.3 Å². The second-order valence-corrected chi connectivity index (χ2v) is 7.32. The lowest BCUT2D eigenvalue weighted by Crippen LogP contribution is -2.15. The van der Waals surface area contributed by atoms with Crippen LogP contribution in [0.2, 0.25) is 0 Å². The molecule has 0 spiro atoms. The number of carbonyl (C=O) groups is 1. The van der Waals surface area contributed by atoms with Gasteiger partial charge in [-0.25, -0.2) is 0 Å². The number of thiophene rings is 1. The molecule has 0 saturated heterocycles. The summed E-state index contributed by atoms with van der Waals surface area (Å²) in [5.41, 5.74) is 1.78. The lowest BCUT2D eigenvalue weighted by molar-refractivity contribution is 0.103. The van der Waals surface area contributed by atoms with Gasteiger partial charge >= 0.3 is 0 Å². The van der Waals surface area contributed by atoms with Crippen molar-refractivity contribution in [1.29, 1.82) is 0 Å². The highest BCUT2D eigenvalue weighted by Crippen LogP contribution is 2.33. The molecule has 1 amide bonds. The minimum atomic E-state index is -0.106. The van der Waals surface area contributed by atoms with Crippen molar-refractivity contribution in [3.05, 3.63) is 43.5 Å². The van der Waals surface area contributed by atoms with Crippen molar-refractivity contribution in [3.63, 3.8) is 0 Å². The first-order valence-corrected chi connectivity index (χ1v) is 7.92. The van der Waals surface area contributed by atoms with E-state index in [-0.39, 0.29) is 5.91 Å². The van der Waals surface area contributed by atoms with Gasteiger partial charge in [-0.15, -0.1) is 11.3 Å². The monoisotopic (exact) mass is 402 g/mol. The van der Waals surface area contributed by atoms with Crippen LogP contribution >= 0.6 is 43.2 Å². The van der Waals surface area contributed by atoms with E-state index in [2.05, 4.69) is 37.2 Å². The summed E-state index contributed by atoms with van der Waals surface area (Å²) in [5, 5.41) is 2.94. The molecule has 1 N–H and O–H groups in total. The Hall–Kier alpha value is -0.850. The van der Waals surface area contributed by atoms with Crippen molar-refractivity contribution in [2.75, 3.05) is 24.3 Å². The first kappa shape index (κ1) is 14.6. The van der Waals surface area contributed by atoms with E-state index >= 15 is 0 Å². The maximum absolute atomic E-state index is 12.2. The minimum Gasteiger partial charge on any atom is -0.376 e. The third kappa shape index (κ3) is 3.38. The zero-order valence-corrected chi connectivity index (χ0v) is 14.4. The molecule has 1 aromatic heterocycles. The van der Waals surface area contributed by atoms with E-state index in [9.17, 15) is 4.79 Å². The van der Waals surface area contributed by atoms with Crippen molar-refractivity contribution < 1.29 is 4.79 Å². The lowest BCUT2D eigenvalue weighted by Gasteiger charge is -2.17. The molecule has 100 valence electrons. The van der Waals surface area contributed by atoms with Gasteiger partial charge in [-0.1, -0.05) is 12.1 Å². The molecule has 19 heavy (non-hydrogen) atoms. The predicted octanol–water partition coefficient (Wildman–Crippen LogP) is 4.59. The van der Waals surface area contributed by atoms with Gasteiger partial charge in [0.15, 0.2) is 0 Å². The number of hydrogen-bond donors (Lipinski definition) is 1. The normalized spacial score (nSPS) is 10.3. The zero-order valence-electron chi connectivity index (χ0n) is 10.4. The molecule has 2 aromatic rings. The van der Waals surface area contributed by atoms with Crippen LogP contribution in [0.4, 0.5) is 11.4 Å². The van der Waals surface area contributed by atoms with Crippen LogP contribution in [0.15, 0.2) is 38.6 Å². The van der Waals surface area contributed by atoms with E-state index < -0.39 is 0 Å². The standard InChI is InChI=1S/C13H12Br2N2OS/c1-17(2)10-6-4-3-5-9(10)16-13(18)11-7-8(14)12(15)19-11/h3-7H,1-2H3,(H,16,18). The number of para-hydroxylation sites is 2. The molecule has 0 aliphatic rings. The summed E-state index contributed by atoms with van der Waals surface area (Å²) < 4.78 is 1.81. The first-order valence-electron chi connectivity index (χ1n) is 5.51. The van der Waals surface area contributed by atoms with Crippen LogP contribution < -0.4 is 10.2 Å². The summed E-state index contributed by atoms with van der Waals surface area (Å²) in [4.78, 5) is 14.8. The average Bonchev–Trinajstić information content (AvgIpc) is 2.70. The van der Waals surface area contributed by atoms with Crippen LogP contribution in [0.25, 0.3) is 0 Å². The molecule has 0 bridgehead atoms. The summed E-state index contributed by atoms with van der Waals surface area (Å²) in [6.07, 6.45) is 0. The Morgan fingerprint density at radius 2 is 1.95 bits per heavy atom. The van der Waals surface area contributed by atoms with Gasteiger partial charge in [-0.3, -0.25) is 4.79 Å². The summed E-state index contributed by atoms with van der Waals surface area (Å²) >= 11 is 8.17. The fourth-order valence-electron chi connectivity index (χ4n) is 1.61. The molecule has 1 aromatic carbocycles. The van der Waals surface area contributed by atoms with E-state index in [0.717, 1.165) is 19.6 Å². The number of rotatable bonds is 3. The van der Waals surface area contributed by atoms with Gasteiger partial charge in [-0.2, -0.15) is 0 Å². The molecule has 0 aliphatic carbocycles. The molecule has 2 rings (SSSR count). The van der Waals surface area contributed by atoms with Crippen LogP contribution in [0.1, 0.15) is 9.67 Å². The van der Waals surface area contributed by atoms with Gasteiger partial charge in [0.25, 0.3) is 5.91 Å². The van der Waals surface area contributed by atoms with Crippen LogP contribution in [0, 0.1) is 0 Å². The van der Waals surface area contributed by atoms with Crippen molar-refractivity contribution in [2.45, 2.75) is 0 Å². The Morgan fingerprint density at radius 3 is 2.53 bits per heavy atom. The number of hydrogen-bond acceptors (Lipinski definition) is 3. The fourth-order valence-corrected chi connectivity index (χ4v) is 3.54. The quantitative estimate of drug-likeness (QED) is 0.812. The SMILES string of the molecule is CN(C)c1ccccc1NC(=O)c1cc(Br)c(Br)s1. The minimum absolute atomic E-state index is 0.106. The van der Waals surface area contributed by atoms with E-state index in [0.29, 0.717) is 4.88 Å². The maximum Gasteiger partial charge on any atom is 0.265 e. The molecule has 0 saturated carbocycles. The summed E-state index contributed by atoms with van der Waals surface area (Å²) in [7, 11) is 3.90. The predicted molar refractivity (Wildman–Crippen MR) is 88.4 cm³/mol. The van der Waals surface area contributed by atoms with Gasteiger partial charge in [0.05, 0.1) is 20.0 Å². The summed E-state index contributed by atoms with van der Waals surface area (Å²) in [6.45, 7) is 0. The molecular weight excluding hydrogens is 392 g/mol. The van der Waals surface area contributed by atoms with Gasteiger partial charge in [-0.05, 0) is 50.1 Å². The largest absolute Gasteiger partial charge is 0.376 e. The van der Waals surface area contributed by atoms with Crippen molar-refractivity contribution >= 4 is 60.5 Å². The van der Waals surface area contributed by atoms with Crippen molar-refractivity contribution in [1.82, 2.24) is 0 Å². The van der Waals surface area contributed by atoms with Crippen LogP contribution in [-0.2, 0) is 0 Å². The Labute approximate surface area is 132 Å². The number of nitrogens with zero attached hydrogens (tertiary/aromatic N) is 1. The van der Waals surface area contributed by atoms with Crippen LogP contribution in [-0.4, -0.2) is 20.0 Å².